The highest BCUT2D eigenvalue weighted by Crippen LogP contribution is 2.22. The Labute approximate surface area is 179 Å². The third-order valence-corrected chi connectivity index (χ3v) is 6.78. The molecular formula is C19H24N4O7S. The van der Waals surface area contributed by atoms with Crippen molar-refractivity contribution in [1.82, 2.24) is 14.1 Å². The van der Waals surface area contributed by atoms with Crippen LogP contribution >= 0.6 is 0 Å². The Morgan fingerprint density at radius 1 is 1.13 bits per heavy atom. The molecule has 2 aliphatic rings. The van der Waals surface area contributed by atoms with Crippen molar-refractivity contribution in [2.75, 3.05) is 51.3 Å². The molecule has 0 radical (unpaired) electrons. The first-order valence-corrected chi connectivity index (χ1v) is 11.2. The second-order valence-electron chi connectivity index (χ2n) is 6.82. The number of sulfonamides is 1. The smallest absolute Gasteiger partial charge is 0.409 e. The molecule has 3 rings (SSSR count). The highest BCUT2D eigenvalue weighted by atomic mass is 32.2. The minimum atomic E-state index is -3.75. The van der Waals surface area contributed by atoms with Gasteiger partial charge in [-0.2, -0.15) is 4.31 Å². The van der Waals surface area contributed by atoms with Gasteiger partial charge in [0.2, 0.25) is 10.0 Å². The Bertz CT molecular complexity index is 983. The number of aliphatic hydroxyl groups is 1. The normalized spacial score (nSPS) is 17.7. The fraction of sp³-hybridized carbons (Fsp3) is 0.421. The van der Waals surface area contributed by atoms with E-state index in [1.54, 1.807) is 6.92 Å². The topological polar surface area (TPSA) is 137 Å². The molecule has 1 saturated heterocycles. The summed E-state index contributed by atoms with van der Waals surface area (Å²) in [5.41, 5.74) is 0.480. The van der Waals surface area contributed by atoms with Crippen LogP contribution in [0.4, 0.5) is 10.5 Å². The van der Waals surface area contributed by atoms with Crippen LogP contribution in [-0.2, 0) is 24.3 Å². The van der Waals surface area contributed by atoms with Crippen molar-refractivity contribution in [2.45, 2.75) is 11.8 Å². The number of hydrogen-bond acceptors (Lipinski definition) is 8. The summed E-state index contributed by atoms with van der Waals surface area (Å²) in [6, 6.07) is 5.80. The number of anilines is 1. The maximum atomic E-state index is 12.9. The second kappa shape index (κ2) is 9.45. The van der Waals surface area contributed by atoms with E-state index in [9.17, 15) is 22.8 Å². The van der Waals surface area contributed by atoms with Gasteiger partial charge in [-0.25, -0.2) is 13.2 Å². The third-order valence-electron chi connectivity index (χ3n) is 4.87. The number of hydrogen-bond donors (Lipinski definition) is 2. The van der Waals surface area contributed by atoms with E-state index >= 15 is 0 Å². The summed E-state index contributed by atoms with van der Waals surface area (Å²) < 4.78 is 32.0. The summed E-state index contributed by atoms with van der Waals surface area (Å²) in [6.45, 7) is 2.33. The number of ether oxygens (including phenoxy) is 1. The number of rotatable bonds is 7. The van der Waals surface area contributed by atoms with Crippen molar-refractivity contribution < 1.29 is 32.6 Å². The lowest BCUT2D eigenvalue weighted by atomic mass is 10.3. The molecule has 0 saturated carbocycles. The predicted octanol–water partition coefficient (Wildman–Crippen LogP) is -0.194. The van der Waals surface area contributed by atoms with Crippen LogP contribution in [0.3, 0.4) is 0 Å². The summed E-state index contributed by atoms with van der Waals surface area (Å²) in [4.78, 5) is 38.2. The minimum Gasteiger partial charge on any atom is -0.450 e. The lowest BCUT2D eigenvalue weighted by Crippen LogP contribution is -2.50. The third kappa shape index (κ3) is 4.86. The van der Waals surface area contributed by atoms with E-state index in [2.05, 4.69) is 5.32 Å². The zero-order chi connectivity index (χ0) is 22.6. The molecule has 2 heterocycles. The molecule has 3 amide bonds. The van der Waals surface area contributed by atoms with Gasteiger partial charge in [0.25, 0.3) is 11.8 Å². The van der Waals surface area contributed by atoms with Gasteiger partial charge in [0.15, 0.2) is 0 Å². The van der Waals surface area contributed by atoms with Gasteiger partial charge in [0.05, 0.1) is 24.7 Å². The molecule has 2 N–H and O–H groups in total. The van der Waals surface area contributed by atoms with Gasteiger partial charge < -0.3 is 20.1 Å². The van der Waals surface area contributed by atoms with Crippen molar-refractivity contribution >= 4 is 33.6 Å². The summed E-state index contributed by atoms with van der Waals surface area (Å²) in [5, 5.41) is 11.7. The van der Waals surface area contributed by atoms with Crippen molar-refractivity contribution in [1.29, 1.82) is 0 Å². The van der Waals surface area contributed by atoms with Crippen LogP contribution in [-0.4, -0.2) is 91.5 Å². The molecule has 12 heteroatoms. The van der Waals surface area contributed by atoms with E-state index in [1.165, 1.54) is 33.5 Å². The van der Waals surface area contributed by atoms with E-state index in [0.29, 0.717) is 5.69 Å². The Kier molecular flexibility index (Phi) is 6.93. The maximum Gasteiger partial charge on any atom is 0.409 e. The van der Waals surface area contributed by atoms with Crippen LogP contribution < -0.4 is 5.32 Å². The number of piperazine rings is 1. The number of β-amino-alcohol motifs (C(OH)–C–C–N with tert-alkyl or cyclic N) is 1. The lowest BCUT2D eigenvalue weighted by Gasteiger charge is -2.33. The van der Waals surface area contributed by atoms with E-state index in [1.807, 2.05) is 0 Å². The standard InChI is InChI=1S/C19H24N4O7S/c1-2-30-19(27)21-7-9-22(10-8-21)31(28,29)15-5-3-14(4-6-15)20-16-13-17(25)23(11-12-24)18(16)26/h3-6,13,20,24H,2,7-12H2,1H3. The molecule has 2 aliphatic heterocycles. The van der Waals surface area contributed by atoms with Crippen LogP contribution in [0.1, 0.15) is 6.92 Å². The van der Waals surface area contributed by atoms with Crippen LogP contribution in [0.5, 0.6) is 0 Å². The van der Waals surface area contributed by atoms with Crippen molar-refractivity contribution in [3.63, 3.8) is 0 Å². The van der Waals surface area contributed by atoms with Crippen molar-refractivity contribution in [2.24, 2.45) is 0 Å². The zero-order valence-electron chi connectivity index (χ0n) is 17.0. The number of imide groups is 1. The molecule has 0 bridgehead atoms. The number of amides is 3. The molecule has 1 aromatic carbocycles. The number of carbonyl (C=O) groups excluding carboxylic acids is 3. The number of carbonyl (C=O) groups is 3. The Morgan fingerprint density at radius 2 is 1.77 bits per heavy atom. The summed E-state index contributed by atoms with van der Waals surface area (Å²) >= 11 is 0. The van der Waals surface area contributed by atoms with Gasteiger partial charge in [0.1, 0.15) is 5.70 Å². The fourth-order valence-corrected chi connectivity index (χ4v) is 4.67. The van der Waals surface area contributed by atoms with Gasteiger partial charge in [-0.1, -0.05) is 0 Å². The van der Waals surface area contributed by atoms with E-state index in [-0.39, 0.29) is 56.5 Å². The molecule has 0 atom stereocenters. The summed E-state index contributed by atoms with van der Waals surface area (Å²) in [5.74, 6) is -1.09. The Balaban J connectivity index is 1.63. The largest absolute Gasteiger partial charge is 0.450 e. The average molecular weight is 452 g/mol. The first-order chi connectivity index (χ1) is 14.8. The SMILES string of the molecule is CCOC(=O)N1CCN(S(=O)(=O)c2ccc(NC3=CC(=O)N(CCO)C3=O)cc2)CC1. The van der Waals surface area contributed by atoms with Gasteiger partial charge in [0, 0.05) is 37.9 Å². The number of nitrogens with zero attached hydrogens (tertiary/aromatic N) is 3. The van der Waals surface area contributed by atoms with Crippen LogP contribution in [0.2, 0.25) is 0 Å². The molecular weight excluding hydrogens is 428 g/mol. The molecule has 31 heavy (non-hydrogen) atoms. The van der Waals surface area contributed by atoms with Gasteiger partial charge in [-0.05, 0) is 31.2 Å². The summed E-state index contributed by atoms with van der Waals surface area (Å²) in [7, 11) is -3.75. The first-order valence-electron chi connectivity index (χ1n) is 9.75. The Hall–Kier alpha value is -2.96. The quantitative estimate of drug-likeness (QED) is 0.543. The number of nitrogens with one attached hydrogen (secondary N) is 1. The van der Waals surface area contributed by atoms with E-state index < -0.39 is 27.9 Å². The maximum absolute atomic E-state index is 12.9. The van der Waals surface area contributed by atoms with Crippen LogP contribution in [0.25, 0.3) is 0 Å². The predicted molar refractivity (Wildman–Crippen MR) is 109 cm³/mol. The molecule has 0 unspecified atom stereocenters. The molecule has 0 aliphatic carbocycles. The highest BCUT2D eigenvalue weighted by molar-refractivity contribution is 7.89. The molecule has 11 nitrogen and oxygen atoms in total. The number of aliphatic hydroxyl groups excluding tert-OH is 1. The monoisotopic (exact) mass is 452 g/mol. The lowest BCUT2D eigenvalue weighted by molar-refractivity contribution is -0.137. The molecule has 1 fully saturated rings. The fourth-order valence-electron chi connectivity index (χ4n) is 3.25. The van der Waals surface area contributed by atoms with Crippen LogP contribution in [0, 0.1) is 0 Å². The number of benzene rings is 1. The zero-order valence-corrected chi connectivity index (χ0v) is 17.8. The van der Waals surface area contributed by atoms with E-state index in [0.717, 1.165) is 11.0 Å². The van der Waals surface area contributed by atoms with Gasteiger partial charge in [-0.3, -0.25) is 14.5 Å². The molecule has 1 aromatic rings. The van der Waals surface area contributed by atoms with Gasteiger partial charge >= 0.3 is 6.09 Å². The second-order valence-corrected chi connectivity index (χ2v) is 8.75. The van der Waals surface area contributed by atoms with Gasteiger partial charge in [-0.15, -0.1) is 0 Å². The Morgan fingerprint density at radius 3 is 2.35 bits per heavy atom. The van der Waals surface area contributed by atoms with Crippen LogP contribution in [0.15, 0.2) is 40.9 Å². The van der Waals surface area contributed by atoms with Crippen molar-refractivity contribution in [3.8, 4) is 0 Å². The summed E-state index contributed by atoms with van der Waals surface area (Å²) in [6.07, 6.45) is 0.674. The molecule has 0 spiro atoms. The average Bonchev–Trinajstić information content (AvgIpc) is 3.02. The molecule has 0 aromatic heterocycles. The van der Waals surface area contributed by atoms with Crippen molar-refractivity contribution in [3.05, 3.63) is 36.0 Å². The molecule has 168 valence electrons. The first kappa shape index (κ1) is 22.7. The minimum absolute atomic E-state index is 0.0455. The highest BCUT2D eigenvalue weighted by Gasteiger charge is 2.32. The van der Waals surface area contributed by atoms with E-state index in [4.69, 9.17) is 9.84 Å².